The average molecular weight is 196 g/mol. The summed E-state index contributed by atoms with van der Waals surface area (Å²) in [5.74, 6) is 0.124. The van der Waals surface area contributed by atoms with Crippen molar-refractivity contribution >= 4 is 12.4 Å². The number of hydrogen-bond donors (Lipinski definition) is 4. The highest BCUT2D eigenvalue weighted by Gasteiger charge is 2.50. The van der Waals surface area contributed by atoms with Crippen molar-refractivity contribution in [2.75, 3.05) is 6.61 Å². The standard InChI is InChI=1S/C7H13NO3.ClH/c9-2-3-1-4-6(10)7(11)5(3)8-4;/h3-11H,1-2H2;1H/t3-,4-,5+,6-,7+;/m1./s1. The van der Waals surface area contributed by atoms with E-state index in [1.54, 1.807) is 0 Å². The molecule has 2 heterocycles. The Balaban J connectivity index is 0.000000720. The summed E-state index contributed by atoms with van der Waals surface area (Å²) < 4.78 is 0. The van der Waals surface area contributed by atoms with Crippen molar-refractivity contribution in [3.63, 3.8) is 0 Å². The van der Waals surface area contributed by atoms with Gasteiger partial charge in [0.25, 0.3) is 0 Å². The van der Waals surface area contributed by atoms with E-state index in [9.17, 15) is 10.2 Å². The molecule has 0 spiro atoms. The molecular formula is C7H14ClNO3. The Labute approximate surface area is 77.0 Å². The van der Waals surface area contributed by atoms with E-state index in [2.05, 4.69) is 5.32 Å². The van der Waals surface area contributed by atoms with Gasteiger partial charge in [-0.25, -0.2) is 0 Å². The summed E-state index contributed by atoms with van der Waals surface area (Å²) in [6.45, 7) is 0.0952. The van der Waals surface area contributed by atoms with Gasteiger partial charge < -0.3 is 20.6 Å². The van der Waals surface area contributed by atoms with Crippen molar-refractivity contribution in [1.29, 1.82) is 0 Å². The summed E-state index contributed by atoms with van der Waals surface area (Å²) in [6, 6.07) is -0.104. The Morgan fingerprint density at radius 3 is 2.33 bits per heavy atom. The van der Waals surface area contributed by atoms with Crippen LogP contribution < -0.4 is 5.32 Å². The van der Waals surface area contributed by atoms with Crippen LogP contribution in [0.2, 0.25) is 0 Å². The fourth-order valence-electron chi connectivity index (χ4n) is 2.18. The molecule has 0 unspecified atom stereocenters. The van der Waals surface area contributed by atoms with Gasteiger partial charge in [0.15, 0.2) is 0 Å². The van der Waals surface area contributed by atoms with E-state index in [1.807, 2.05) is 0 Å². The molecule has 0 saturated carbocycles. The summed E-state index contributed by atoms with van der Waals surface area (Å²) in [6.07, 6.45) is -0.548. The van der Waals surface area contributed by atoms with E-state index in [4.69, 9.17) is 5.11 Å². The second kappa shape index (κ2) is 3.47. The number of aliphatic hydroxyl groups is 3. The van der Waals surface area contributed by atoms with Gasteiger partial charge in [0.2, 0.25) is 0 Å². The number of fused-ring (bicyclic) bond motifs is 2. The highest BCUT2D eigenvalue weighted by Crippen LogP contribution is 2.33. The number of nitrogens with one attached hydrogen (secondary N) is 1. The van der Waals surface area contributed by atoms with Crippen LogP contribution in [0.1, 0.15) is 6.42 Å². The molecule has 5 heteroatoms. The maximum atomic E-state index is 9.37. The molecule has 0 amide bonds. The molecule has 2 bridgehead atoms. The summed E-state index contributed by atoms with van der Waals surface area (Å²) in [4.78, 5) is 0. The van der Waals surface area contributed by atoms with Crippen LogP contribution in [0.5, 0.6) is 0 Å². The van der Waals surface area contributed by atoms with Crippen LogP contribution >= 0.6 is 12.4 Å². The number of aliphatic hydroxyl groups excluding tert-OH is 3. The quantitative estimate of drug-likeness (QED) is 0.410. The Morgan fingerprint density at radius 1 is 1.25 bits per heavy atom. The van der Waals surface area contributed by atoms with Crippen molar-refractivity contribution in [3.8, 4) is 0 Å². The normalized spacial score (nSPS) is 50.8. The molecule has 5 atom stereocenters. The summed E-state index contributed by atoms with van der Waals surface area (Å²) in [7, 11) is 0. The van der Waals surface area contributed by atoms with Crippen molar-refractivity contribution in [2.45, 2.75) is 30.7 Å². The van der Waals surface area contributed by atoms with E-state index in [1.165, 1.54) is 0 Å². The second-order valence-electron chi connectivity index (χ2n) is 3.46. The lowest BCUT2D eigenvalue weighted by Crippen LogP contribution is -2.42. The maximum Gasteiger partial charge on any atom is 0.0970 e. The summed E-state index contributed by atoms with van der Waals surface area (Å²) >= 11 is 0. The van der Waals surface area contributed by atoms with Gasteiger partial charge in [0.1, 0.15) is 0 Å². The monoisotopic (exact) mass is 195 g/mol. The van der Waals surface area contributed by atoms with Crippen LogP contribution in [0, 0.1) is 5.92 Å². The molecule has 12 heavy (non-hydrogen) atoms. The van der Waals surface area contributed by atoms with Crippen LogP contribution in [0.4, 0.5) is 0 Å². The minimum atomic E-state index is -0.689. The highest BCUT2D eigenvalue weighted by atomic mass is 35.5. The lowest BCUT2D eigenvalue weighted by atomic mass is 9.86. The van der Waals surface area contributed by atoms with Gasteiger partial charge >= 0.3 is 0 Å². The third kappa shape index (κ3) is 1.24. The molecule has 0 aliphatic carbocycles. The first-order valence-corrected chi connectivity index (χ1v) is 3.97. The Morgan fingerprint density at radius 2 is 1.92 bits per heavy atom. The molecule has 72 valence electrons. The van der Waals surface area contributed by atoms with Crippen LogP contribution in [-0.2, 0) is 0 Å². The number of hydrogen-bond acceptors (Lipinski definition) is 4. The molecule has 4 N–H and O–H groups in total. The molecule has 0 aromatic heterocycles. The SMILES string of the molecule is Cl.OC[C@H]1C[C@H]2N[C@@H]1[C@H](O)[C@@H]2O. The van der Waals surface area contributed by atoms with Gasteiger partial charge in [-0.15, -0.1) is 12.4 Å². The number of rotatable bonds is 1. The summed E-state index contributed by atoms with van der Waals surface area (Å²) in [5, 5.41) is 30.6. The lowest BCUT2D eigenvalue weighted by Gasteiger charge is -2.26. The first-order valence-electron chi connectivity index (χ1n) is 3.97. The molecule has 0 aromatic carbocycles. The van der Waals surface area contributed by atoms with E-state index in [0.717, 1.165) is 6.42 Å². The van der Waals surface area contributed by atoms with Crippen molar-refractivity contribution in [1.82, 2.24) is 5.32 Å². The fourth-order valence-corrected chi connectivity index (χ4v) is 2.18. The predicted octanol–water partition coefficient (Wildman–Crippen LogP) is -1.52. The van der Waals surface area contributed by atoms with Crippen LogP contribution in [0.15, 0.2) is 0 Å². The average Bonchev–Trinajstić information content (AvgIpc) is 2.53. The third-order valence-electron chi connectivity index (χ3n) is 2.84. The summed E-state index contributed by atoms with van der Waals surface area (Å²) in [5.41, 5.74) is 0. The molecule has 2 rings (SSSR count). The fraction of sp³-hybridized carbons (Fsp3) is 1.00. The predicted molar refractivity (Wildman–Crippen MR) is 45.2 cm³/mol. The van der Waals surface area contributed by atoms with Gasteiger partial charge in [-0.1, -0.05) is 0 Å². The highest BCUT2D eigenvalue weighted by molar-refractivity contribution is 5.85. The van der Waals surface area contributed by atoms with Gasteiger partial charge in [0, 0.05) is 24.6 Å². The first kappa shape index (κ1) is 10.2. The zero-order valence-electron chi connectivity index (χ0n) is 6.55. The van der Waals surface area contributed by atoms with Crippen molar-refractivity contribution in [3.05, 3.63) is 0 Å². The van der Waals surface area contributed by atoms with Crippen molar-refractivity contribution in [2.24, 2.45) is 5.92 Å². The van der Waals surface area contributed by atoms with Gasteiger partial charge in [0.05, 0.1) is 12.2 Å². The lowest BCUT2D eigenvalue weighted by molar-refractivity contribution is -0.01000. The smallest absolute Gasteiger partial charge is 0.0970 e. The van der Waals surface area contributed by atoms with E-state index in [0.29, 0.717) is 0 Å². The maximum absolute atomic E-state index is 9.37. The Bertz CT molecular complexity index is 163. The first-order chi connectivity index (χ1) is 5.24. The second-order valence-corrected chi connectivity index (χ2v) is 3.46. The molecule has 0 aromatic rings. The molecule has 0 radical (unpaired) electrons. The van der Waals surface area contributed by atoms with Crippen LogP contribution in [0.3, 0.4) is 0 Å². The van der Waals surface area contributed by atoms with Crippen LogP contribution in [-0.4, -0.2) is 46.2 Å². The van der Waals surface area contributed by atoms with E-state index in [-0.39, 0.29) is 37.0 Å². The van der Waals surface area contributed by atoms with Gasteiger partial charge in [-0.2, -0.15) is 0 Å². The zero-order valence-corrected chi connectivity index (χ0v) is 7.37. The molecule has 2 aliphatic heterocycles. The van der Waals surface area contributed by atoms with E-state index < -0.39 is 12.2 Å². The van der Waals surface area contributed by atoms with Gasteiger partial charge in [-0.05, 0) is 6.42 Å². The van der Waals surface area contributed by atoms with E-state index >= 15 is 0 Å². The molecule has 2 aliphatic rings. The zero-order chi connectivity index (χ0) is 8.01. The largest absolute Gasteiger partial charge is 0.396 e. The molecular weight excluding hydrogens is 182 g/mol. The molecule has 4 nitrogen and oxygen atoms in total. The third-order valence-corrected chi connectivity index (χ3v) is 2.84. The minimum absolute atomic E-state index is 0. The topological polar surface area (TPSA) is 72.7 Å². The van der Waals surface area contributed by atoms with Gasteiger partial charge in [-0.3, -0.25) is 0 Å². The molecule has 2 fully saturated rings. The number of halogens is 1. The Hall–Kier alpha value is 0.130. The van der Waals surface area contributed by atoms with Crippen LogP contribution in [0.25, 0.3) is 0 Å². The Kier molecular flexibility index (Phi) is 2.96. The minimum Gasteiger partial charge on any atom is -0.396 e. The van der Waals surface area contributed by atoms with Crippen molar-refractivity contribution < 1.29 is 15.3 Å². The molecule has 2 saturated heterocycles.